The highest BCUT2D eigenvalue weighted by atomic mass is 32.1. The van der Waals surface area contributed by atoms with Crippen LogP contribution in [0.2, 0.25) is 0 Å². The Morgan fingerprint density at radius 1 is 1.47 bits per heavy atom. The lowest BCUT2D eigenvalue weighted by molar-refractivity contribution is -0.144. The molecule has 1 aromatic heterocycles. The van der Waals surface area contributed by atoms with Crippen molar-refractivity contribution in [2.45, 2.75) is 38.9 Å². The first kappa shape index (κ1) is 15.7. The molecule has 19 heavy (non-hydrogen) atoms. The van der Waals surface area contributed by atoms with Crippen LogP contribution in [0.5, 0.6) is 0 Å². The minimum absolute atomic E-state index is 0.0589. The van der Waals surface area contributed by atoms with Crippen LogP contribution >= 0.6 is 11.5 Å². The zero-order valence-corrected chi connectivity index (χ0v) is 11.4. The molecule has 2 N–H and O–H groups in total. The van der Waals surface area contributed by atoms with Crippen LogP contribution in [0.1, 0.15) is 32.5 Å². The van der Waals surface area contributed by atoms with E-state index in [1.807, 2.05) is 13.8 Å². The minimum Gasteiger partial charge on any atom is -0.360 e. The van der Waals surface area contributed by atoms with Crippen molar-refractivity contribution in [2.24, 2.45) is 0 Å². The molecule has 0 aliphatic carbocycles. The molecule has 0 aliphatic heterocycles. The van der Waals surface area contributed by atoms with Gasteiger partial charge in [0.05, 0.1) is 0 Å². The summed E-state index contributed by atoms with van der Waals surface area (Å²) in [6.07, 6.45) is -3.54. The van der Waals surface area contributed by atoms with E-state index in [4.69, 9.17) is 0 Å². The highest BCUT2D eigenvalue weighted by Crippen LogP contribution is 2.28. The van der Waals surface area contributed by atoms with Crippen LogP contribution in [0.25, 0.3) is 0 Å². The van der Waals surface area contributed by atoms with Gasteiger partial charge in [-0.3, -0.25) is 4.79 Å². The van der Waals surface area contributed by atoms with Crippen molar-refractivity contribution in [1.29, 1.82) is 0 Å². The van der Waals surface area contributed by atoms with Crippen LogP contribution in [0.15, 0.2) is 0 Å². The number of carbonyl (C=O) groups excluding carboxylic acids is 1. The molecule has 0 aliphatic rings. The van der Waals surface area contributed by atoms with Crippen LogP contribution < -0.4 is 10.6 Å². The van der Waals surface area contributed by atoms with E-state index in [1.54, 1.807) is 0 Å². The fraction of sp³-hybridized carbons (Fsp3) is 0.700. The summed E-state index contributed by atoms with van der Waals surface area (Å²) in [6.45, 7) is 4.05. The van der Waals surface area contributed by atoms with E-state index in [1.165, 1.54) is 0 Å². The van der Waals surface area contributed by atoms with Gasteiger partial charge in [-0.15, -0.1) is 0 Å². The second-order valence-electron chi connectivity index (χ2n) is 3.97. The van der Waals surface area contributed by atoms with E-state index in [9.17, 15) is 18.0 Å². The molecule has 1 unspecified atom stereocenters. The summed E-state index contributed by atoms with van der Waals surface area (Å²) < 4.78 is 39.9. The maximum Gasteiger partial charge on any atom is 0.452 e. The average Bonchev–Trinajstić information content (AvgIpc) is 2.77. The standard InChI is InChI=1S/C10H15F3N4OS/c1-3-6(2)15-7(18)4-5-14-9-16-8(17-19-9)10(11,12)13/h6H,3-5H2,1-2H3,(H,15,18)(H,14,16,17). The average molecular weight is 296 g/mol. The first-order valence-electron chi connectivity index (χ1n) is 5.77. The predicted octanol–water partition coefficient (Wildman–Crippen LogP) is 2.27. The molecule has 1 amide bonds. The van der Waals surface area contributed by atoms with Crippen molar-refractivity contribution in [2.75, 3.05) is 11.9 Å². The number of hydrogen-bond acceptors (Lipinski definition) is 5. The lowest BCUT2D eigenvalue weighted by Gasteiger charge is -2.11. The van der Waals surface area contributed by atoms with Gasteiger partial charge in [0.25, 0.3) is 0 Å². The van der Waals surface area contributed by atoms with Gasteiger partial charge in [-0.2, -0.15) is 22.5 Å². The second kappa shape index (κ2) is 6.69. The quantitative estimate of drug-likeness (QED) is 0.845. The maximum absolute atomic E-state index is 12.2. The van der Waals surface area contributed by atoms with Crippen LogP contribution in [0, 0.1) is 0 Å². The highest BCUT2D eigenvalue weighted by Gasteiger charge is 2.36. The largest absolute Gasteiger partial charge is 0.452 e. The van der Waals surface area contributed by atoms with E-state index in [0.29, 0.717) is 11.5 Å². The van der Waals surface area contributed by atoms with Crippen molar-refractivity contribution in [1.82, 2.24) is 14.7 Å². The minimum atomic E-state index is -4.54. The molecule has 0 spiro atoms. The third kappa shape index (κ3) is 5.41. The number of aromatic nitrogens is 2. The number of amides is 1. The van der Waals surface area contributed by atoms with Gasteiger partial charge in [-0.1, -0.05) is 6.92 Å². The number of halogens is 3. The molecular weight excluding hydrogens is 281 g/mol. The molecule has 0 saturated carbocycles. The second-order valence-corrected chi connectivity index (χ2v) is 4.73. The Morgan fingerprint density at radius 2 is 2.16 bits per heavy atom. The summed E-state index contributed by atoms with van der Waals surface area (Å²) in [5.41, 5.74) is 0. The third-order valence-electron chi connectivity index (χ3n) is 2.33. The Hall–Kier alpha value is -1.38. The van der Waals surface area contributed by atoms with Crippen LogP contribution in [-0.4, -0.2) is 27.9 Å². The molecule has 1 heterocycles. The third-order valence-corrected chi connectivity index (χ3v) is 3.00. The fourth-order valence-corrected chi connectivity index (χ4v) is 1.75. The summed E-state index contributed by atoms with van der Waals surface area (Å²) in [5.74, 6) is -1.31. The lowest BCUT2D eigenvalue weighted by atomic mass is 10.2. The van der Waals surface area contributed by atoms with Gasteiger partial charge in [0.15, 0.2) is 0 Å². The van der Waals surface area contributed by atoms with Gasteiger partial charge < -0.3 is 10.6 Å². The first-order chi connectivity index (χ1) is 8.82. The normalized spacial score (nSPS) is 13.1. The Kier molecular flexibility index (Phi) is 5.52. The topological polar surface area (TPSA) is 66.9 Å². The number of anilines is 1. The molecule has 0 radical (unpaired) electrons. The number of rotatable bonds is 6. The van der Waals surface area contributed by atoms with Gasteiger partial charge >= 0.3 is 6.18 Å². The summed E-state index contributed by atoms with van der Waals surface area (Å²) in [7, 11) is 0. The van der Waals surface area contributed by atoms with Crippen LogP contribution in [0.4, 0.5) is 18.3 Å². The van der Waals surface area contributed by atoms with Gasteiger partial charge in [0.2, 0.25) is 16.9 Å². The smallest absolute Gasteiger partial charge is 0.360 e. The van der Waals surface area contributed by atoms with Crippen LogP contribution in [-0.2, 0) is 11.0 Å². The summed E-state index contributed by atoms with van der Waals surface area (Å²) >= 11 is 0.623. The molecule has 5 nitrogen and oxygen atoms in total. The molecule has 1 atom stereocenters. The number of carbonyl (C=O) groups is 1. The SMILES string of the molecule is CCC(C)NC(=O)CCNc1nc(C(F)(F)F)ns1. The van der Waals surface area contributed by atoms with Gasteiger partial charge in [0.1, 0.15) is 0 Å². The summed E-state index contributed by atoms with van der Waals surface area (Å²) in [5, 5.41) is 5.46. The molecular formula is C10H15F3N4OS. The molecule has 0 aromatic carbocycles. The fourth-order valence-electron chi connectivity index (χ4n) is 1.14. The van der Waals surface area contributed by atoms with Gasteiger partial charge in [-0.25, -0.2) is 0 Å². The van der Waals surface area contributed by atoms with E-state index >= 15 is 0 Å². The first-order valence-corrected chi connectivity index (χ1v) is 6.54. The zero-order valence-electron chi connectivity index (χ0n) is 10.5. The molecule has 108 valence electrons. The zero-order chi connectivity index (χ0) is 14.5. The van der Waals surface area contributed by atoms with Crippen molar-refractivity contribution in [3.8, 4) is 0 Å². The lowest BCUT2D eigenvalue weighted by Crippen LogP contribution is -2.32. The van der Waals surface area contributed by atoms with Gasteiger partial charge in [0, 0.05) is 30.5 Å². The Labute approximate surface area is 112 Å². The van der Waals surface area contributed by atoms with Gasteiger partial charge in [-0.05, 0) is 13.3 Å². The van der Waals surface area contributed by atoms with Crippen LogP contribution in [0.3, 0.4) is 0 Å². The van der Waals surface area contributed by atoms with E-state index in [0.717, 1.165) is 6.42 Å². The van der Waals surface area contributed by atoms with E-state index in [-0.39, 0.29) is 30.0 Å². The number of alkyl halides is 3. The molecule has 0 fully saturated rings. The Morgan fingerprint density at radius 3 is 2.68 bits per heavy atom. The number of nitrogens with one attached hydrogen (secondary N) is 2. The Bertz CT molecular complexity index is 421. The van der Waals surface area contributed by atoms with Crippen molar-refractivity contribution >= 4 is 22.6 Å². The van der Waals surface area contributed by atoms with E-state index < -0.39 is 12.0 Å². The molecule has 1 rings (SSSR count). The maximum atomic E-state index is 12.2. The number of hydrogen-bond donors (Lipinski definition) is 2. The summed E-state index contributed by atoms with van der Waals surface area (Å²) in [4.78, 5) is 14.7. The number of nitrogens with zero attached hydrogens (tertiary/aromatic N) is 2. The van der Waals surface area contributed by atoms with Crippen molar-refractivity contribution < 1.29 is 18.0 Å². The van der Waals surface area contributed by atoms with Crippen molar-refractivity contribution in [3.05, 3.63) is 5.82 Å². The van der Waals surface area contributed by atoms with E-state index in [2.05, 4.69) is 20.0 Å². The predicted molar refractivity (Wildman–Crippen MR) is 65.9 cm³/mol. The molecule has 0 bridgehead atoms. The highest BCUT2D eigenvalue weighted by molar-refractivity contribution is 7.09. The van der Waals surface area contributed by atoms with Crippen molar-refractivity contribution in [3.63, 3.8) is 0 Å². The molecule has 1 aromatic rings. The Balaban J connectivity index is 2.34. The monoisotopic (exact) mass is 296 g/mol. The molecule has 9 heteroatoms. The molecule has 0 saturated heterocycles. The summed E-state index contributed by atoms with van der Waals surface area (Å²) in [6, 6.07) is 0.0888.